The third-order valence-electron chi connectivity index (χ3n) is 2.98. The van der Waals surface area contributed by atoms with Crippen molar-refractivity contribution in [2.75, 3.05) is 34.2 Å². The lowest BCUT2D eigenvalue weighted by Gasteiger charge is -2.23. The lowest BCUT2D eigenvalue weighted by molar-refractivity contribution is -0.870. The summed E-state index contributed by atoms with van der Waals surface area (Å²) in [5.41, 5.74) is 0. The molecule has 0 spiro atoms. The molecule has 3 heteroatoms. The third kappa shape index (κ3) is 6.76. The molecular weight excluding hydrogens is 198 g/mol. The van der Waals surface area contributed by atoms with Crippen LogP contribution in [0.15, 0.2) is 9.98 Å². The van der Waals surface area contributed by atoms with E-state index in [1.165, 1.54) is 32.1 Å². The minimum Gasteiger partial charge on any atom is -0.331 e. The fourth-order valence-corrected chi connectivity index (χ4v) is 2.01. The summed E-state index contributed by atoms with van der Waals surface area (Å²) in [6.45, 7) is 2.03. The van der Waals surface area contributed by atoms with Gasteiger partial charge in [0.05, 0.1) is 46.3 Å². The second-order valence-corrected chi connectivity index (χ2v) is 5.77. The Morgan fingerprint density at radius 3 is 2.44 bits per heavy atom. The van der Waals surface area contributed by atoms with Crippen LogP contribution in [0.3, 0.4) is 0 Å². The maximum absolute atomic E-state index is 4.40. The van der Waals surface area contributed by atoms with E-state index in [9.17, 15) is 0 Å². The van der Waals surface area contributed by atoms with Crippen molar-refractivity contribution in [3.05, 3.63) is 0 Å². The second-order valence-electron chi connectivity index (χ2n) is 5.77. The zero-order valence-electron chi connectivity index (χ0n) is 11.1. The Morgan fingerprint density at radius 1 is 1.12 bits per heavy atom. The Labute approximate surface area is 99.9 Å². The largest absolute Gasteiger partial charge is 0.331 e. The fraction of sp³-hybridized carbons (Fsp3) is 0.923. The number of aliphatic imine (C=N–C) groups is 2. The minimum atomic E-state index is 0.510. The number of hydrogen-bond donors (Lipinski definition) is 0. The van der Waals surface area contributed by atoms with Gasteiger partial charge in [-0.25, -0.2) is 9.98 Å². The number of hydrogen-bond acceptors (Lipinski definition) is 2. The maximum Gasteiger partial charge on any atom is 0.0895 e. The van der Waals surface area contributed by atoms with E-state index in [4.69, 9.17) is 0 Å². The fourth-order valence-electron chi connectivity index (χ4n) is 2.01. The van der Waals surface area contributed by atoms with E-state index in [2.05, 4.69) is 37.1 Å². The second kappa shape index (κ2) is 6.82. The van der Waals surface area contributed by atoms with Crippen LogP contribution in [0.2, 0.25) is 0 Å². The molecule has 0 aromatic carbocycles. The molecule has 1 rings (SSSR count). The molecule has 0 amide bonds. The summed E-state index contributed by atoms with van der Waals surface area (Å²) in [5, 5.41) is 0. The molecule has 16 heavy (non-hydrogen) atoms. The van der Waals surface area contributed by atoms with Crippen LogP contribution in [0, 0.1) is 0 Å². The quantitative estimate of drug-likeness (QED) is 0.389. The van der Waals surface area contributed by atoms with E-state index >= 15 is 0 Å². The van der Waals surface area contributed by atoms with E-state index in [1.807, 2.05) is 0 Å². The summed E-state index contributed by atoms with van der Waals surface area (Å²) in [6.07, 6.45) is 7.64. The number of nitrogens with zero attached hydrogens (tertiary/aromatic N) is 3. The van der Waals surface area contributed by atoms with Crippen LogP contribution in [0.4, 0.5) is 0 Å². The van der Waals surface area contributed by atoms with Gasteiger partial charge < -0.3 is 4.48 Å². The van der Waals surface area contributed by atoms with Crippen molar-refractivity contribution in [3.63, 3.8) is 0 Å². The van der Waals surface area contributed by atoms with E-state index in [0.717, 1.165) is 24.0 Å². The standard InChI is InChI=1S/C13H26N3/c1-16(2,3)11-7-10-14-12-15-13-8-5-4-6-9-13/h13H,4-11H2,1-3H3/q+1. The molecule has 0 saturated heterocycles. The molecule has 0 aromatic heterocycles. The SMILES string of the molecule is C[N+](C)(C)CCCN=C=NC1CCCCC1. The molecule has 0 aromatic rings. The van der Waals surface area contributed by atoms with Gasteiger partial charge in [-0.3, -0.25) is 0 Å². The Hall–Kier alpha value is -0.660. The summed E-state index contributed by atoms with van der Waals surface area (Å²) in [5.74, 6) is 0. The summed E-state index contributed by atoms with van der Waals surface area (Å²) >= 11 is 0. The molecule has 0 N–H and O–H groups in total. The highest BCUT2D eigenvalue weighted by Crippen LogP contribution is 2.19. The first kappa shape index (κ1) is 13.4. The van der Waals surface area contributed by atoms with E-state index < -0.39 is 0 Å². The smallest absolute Gasteiger partial charge is 0.0895 e. The van der Waals surface area contributed by atoms with Gasteiger partial charge in [0.25, 0.3) is 0 Å². The van der Waals surface area contributed by atoms with Crippen molar-refractivity contribution in [1.29, 1.82) is 0 Å². The highest BCUT2D eigenvalue weighted by Gasteiger charge is 2.10. The summed E-state index contributed by atoms with van der Waals surface area (Å²) in [7, 11) is 6.62. The first-order valence-corrected chi connectivity index (χ1v) is 6.50. The van der Waals surface area contributed by atoms with Gasteiger partial charge >= 0.3 is 0 Å². The molecule has 0 heterocycles. The van der Waals surface area contributed by atoms with Crippen molar-refractivity contribution in [3.8, 4) is 0 Å². The van der Waals surface area contributed by atoms with Crippen LogP contribution >= 0.6 is 0 Å². The topological polar surface area (TPSA) is 24.7 Å². The summed E-state index contributed by atoms with van der Waals surface area (Å²) in [4.78, 5) is 8.64. The third-order valence-corrected chi connectivity index (χ3v) is 2.98. The first-order chi connectivity index (χ1) is 7.58. The zero-order chi connectivity index (χ0) is 11.9. The van der Waals surface area contributed by atoms with Crippen LogP contribution in [0.25, 0.3) is 0 Å². The Kier molecular flexibility index (Phi) is 5.72. The van der Waals surface area contributed by atoms with Crippen molar-refractivity contribution in [2.45, 2.75) is 44.6 Å². The minimum absolute atomic E-state index is 0.510. The predicted octanol–water partition coefficient (Wildman–Crippen LogP) is 2.59. The van der Waals surface area contributed by atoms with Crippen LogP contribution in [-0.2, 0) is 0 Å². The molecular formula is C13H26N3+. The van der Waals surface area contributed by atoms with Gasteiger partial charge in [-0.15, -0.1) is 0 Å². The molecule has 1 fully saturated rings. The normalized spacial score (nSPS) is 17.9. The van der Waals surface area contributed by atoms with Crippen molar-refractivity contribution in [2.24, 2.45) is 9.98 Å². The molecule has 0 atom stereocenters. The molecule has 0 aliphatic heterocycles. The molecule has 0 radical (unpaired) electrons. The van der Waals surface area contributed by atoms with Crippen LogP contribution in [-0.4, -0.2) is 50.8 Å². The van der Waals surface area contributed by atoms with Crippen LogP contribution in [0.5, 0.6) is 0 Å². The lowest BCUT2D eigenvalue weighted by Crippen LogP contribution is -2.35. The average molecular weight is 224 g/mol. The highest BCUT2D eigenvalue weighted by atomic mass is 15.3. The van der Waals surface area contributed by atoms with Crippen LogP contribution in [0.1, 0.15) is 38.5 Å². The molecule has 3 nitrogen and oxygen atoms in total. The molecule has 0 bridgehead atoms. The molecule has 1 aliphatic rings. The average Bonchev–Trinajstić information content (AvgIpc) is 2.23. The highest BCUT2D eigenvalue weighted by molar-refractivity contribution is 5.41. The number of rotatable bonds is 5. The number of quaternary nitrogens is 1. The Morgan fingerprint density at radius 2 is 1.81 bits per heavy atom. The van der Waals surface area contributed by atoms with Crippen molar-refractivity contribution in [1.82, 2.24) is 0 Å². The lowest BCUT2D eigenvalue weighted by atomic mass is 9.96. The van der Waals surface area contributed by atoms with Crippen LogP contribution < -0.4 is 0 Å². The first-order valence-electron chi connectivity index (χ1n) is 6.50. The van der Waals surface area contributed by atoms with Crippen molar-refractivity contribution < 1.29 is 4.48 Å². The van der Waals surface area contributed by atoms with E-state index in [0.29, 0.717) is 6.04 Å². The van der Waals surface area contributed by atoms with E-state index in [1.54, 1.807) is 0 Å². The summed E-state index contributed by atoms with van der Waals surface area (Å²) < 4.78 is 1.01. The van der Waals surface area contributed by atoms with Gasteiger partial charge in [0.1, 0.15) is 0 Å². The van der Waals surface area contributed by atoms with Gasteiger partial charge in [0.2, 0.25) is 0 Å². The summed E-state index contributed by atoms with van der Waals surface area (Å²) in [6, 6.07) is 3.39. The molecule has 0 unspecified atom stereocenters. The Balaban J connectivity index is 2.13. The Bertz CT molecular complexity index is 240. The van der Waals surface area contributed by atoms with Gasteiger partial charge in [0, 0.05) is 6.42 Å². The van der Waals surface area contributed by atoms with Gasteiger partial charge in [-0.2, -0.15) is 0 Å². The zero-order valence-corrected chi connectivity index (χ0v) is 11.1. The molecule has 92 valence electrons. The van der Waals surface area contributed by atoms with Gasteiger partial charge in [-0.05, 0) is 12.8 Å². The van der Waals surface area contributed by atoms with Crippen molar-refractivity contribution >= 4 is 6.01 Å². The van der Waals surface area contributed by atoms with E-state index in [-0.39, 0.29) is 0 Å². The molecule has 1 saturated carbocycles. The predicted molar refractivity (Wildman–Crippen MR) is 69.1 cm³/mol. The van der Waals surface area contributed by atoms with Gasteiger partial charge in [0.15, 0.2) is 0 Å². The maximum atomic E-state index is 4.40. The molecule has 1 aliphatic carbocycles. The monoisotopic (exact) mass is 224 g/mol. The van der Waals surface area contributed by atoms with Gasteiger partial charge in [-0.1, -0.05) is 19.3 Å².